The Balaban J connectivity index is 0.00000300. The number of para-hydroxylation sites is 1. The molecule has 0 radical (unpaired) electrons. The van der Waals surface area contributed by atoms with Crippen molar-refractivity contribution in [2.75, 3.05) is 38.0 Å². The number of benzene rings is 1. The Morgan fingerprint density at radius 3 is 2.55 bits per heavy atom. The fourth-order valence-electron chi connectivity index (χ4n) is 3.35. The van der Waals surface area contributed by atoms with Gasteiger partial charge < -0.3 is 20.4 Å². The molecule has 1 aliphatic heterocycles. The summed E-state index contributed by atoms with van der Waals surface area (Å²) < 4.78 is 5.66. The van der Waals surface area contributed by atoms with Crippen LogP contribution in [0.2, 0.25) is 0 Å². The van der Waals surface area contributed by atoms with E-state index >= 15 is 0 Å². The van der Waals surface area contributed by atoms with Crippen LogP contribution in [-0.4, -0.2) is 49.5 Å². The van der Waals surface area contributed by atoms with E-state index in [0.717, 1.165) is 31.1 Å². The normalized spacial score (nSPS) is 15.4. The number of likely N-dealkylation sites (tertiary alicyclic amines) is 1. The zero-order chi connectivity index (χ0) is 19.6. The minimum absolute atomic E-state index is 0. The number of nitrogens with one attached hydrogen (secondary N) is 3. The molecule has 0 spiro atoms. The summed E-state index contributed by atoms with van der Waals surface area (Å²) in [4.78, 5) is 19.0. The van der Waals surface area contributed by atoms with E-state index in [0.29, 0.717) is 12.5 Å². The second kappa shape index (κ2) is 12.5. The van der Waals surface area contributed by atoms with E-state index in [9.17, 15) is 4.79 Å². The summed E-state index contributed by atoms with van der Waals surface area (Å²) in [5.41, 5.74) is 0.771. The van der Waals surface area contributed by atoms with E-state index in [4.69, 9.17) is 4.42 Å². The maximum Gasteiger partial charge on any atom is 0.246 e. The van der Waals surface area contributed by atoms with E-state index in [1.54, 1.807) is 6.26 Å². The van der Waals surface area contributed by atoms with Crippen LogP contribution in [0.1, 0.15) is 31.6 Å². The van der Waals surface area contributed by atoms with Crippen molar-refractivity contribution < 1.29 is 9.21 Å². The standard InChI is InChI=1S/C21H29N5O2.HI/c1-2-22-21(24-16-20(27)25-17-9-4-3-5-10-17)23-15-18(19-11-8-14-28-19)26-12-6-7-13-26;/h3-5,8-11,14,18H,2,6-7,12-13,15-16H2,1H3,(H,25,27)(H2,22,23,24);1H. The predicted molar refractivity (Wildman–Crippen MR) is 127 cm³/mol. The smallest absolute Gasteiger partial charge is 0.246 e. The predicted octanol–water partition coefficient (Wildman–Crippen LogP) is 3.23. The molecule has 3 rings (SSSR count). The Morgan fingerprint density at radius 2 is 1.90 bits per heavy atom. The van der Waals surface area contributed by atoms with Crippen LogP contribution in [0.4, 0.5) is 5.69 Å². The van der Waals surface area contributed by atoms with E-state index in [1.807, 2.05) is 49.4 Å². The maximum atomic E-state index is 12.2. The van der Waals surface area contributed by atoms with E-state index < -0.39 is 0 Å². The largest absolute Gasteiger partial charge is 0.468 e. The first-order valence-corrected chi connectivity index (χ1v) is 9.91. The Bertz CT molecular complexity index is 746. The lowest BCUT2D eigenvalue weighted by Gasteiger charge is -2.26. The number of furan rings is 1. The Morgan fingerprint density at radius 1 is 1.14 bits per heavy atom. The molecule has 1 aliphatic rings. The molecule has 7 nitrogen and oxygen atoms in total. The minimum Gasteiger partial charge on any atom is -0.468 e. The first-order chi connectivity index (χ1) is 13.8. The van der Waals surface area contributed by atoms with Crippen LogP contribution in [0.3, 0.4) is 0 Å². The van der Waals surface area contributed by atoms with Crippen molar-refractivity contribution in [2.24, 2.45) is 4.99 Å². The average Bonchev–Trinajstić information content (AvgIpc) is 3.42. The van der Waals surface area contributed by atoms with Gasteiger partial charge in [0, 0.05) is 18.8 Å². The molecule has 1 amide bonds. The number of nitrogens with zero attached hydrogens (tertiary/aromatic N) is 2. The van der Waals surface area contributed by atoms with Crippen molar-refractivity contribution in [2.45, 2.75) is 25.8 Å². The maximum absolute atomic E-state index is 12.2. The quantitative estimate of drug-likeness (QED) is 0.288. The highest BCUT2D eigenvalue weighted by atomic mass is 127. The molecule has 29 heavy (non-hydrogen) atoms. The fraction of sp³-hybridized carbons (Fsp3) is 0.429. The summed E-state index contributed by atoms with van der Waals surface area (Å²) in [6.45, 7) is 5.59. The highest BCUT2D eigenvalue weighted by Crippen LogP contribution is 2.24. The monoisotopic (exact) mass is 511 g/mol. The zero-order valence-corrected chi connectivity index (χ0v) is 19.1. The van der Waals surface area contributed by atoms with Crippen molar-refractivity contribution >= 4 is 41.5 Å². The van der Waals surface area contributed by atoms with Crippen molar-refractivity contribution in [1.82, 2.24) is 15.5 Å². The molecule has 3 N–H and O–H groups in total. The number of carbonyl (C=O) groups is 1. The van der Waals surface area contributed by atoms with Gasteiger partial charge in [0.25, 0.3) is 0 Å². The molecule has 0 saturated carbocycles. The van der Waals surface area contributed by atoms with Crippen LogP contribution in [0.5, 0.6) is 0 Å². The summed E-state index contributed by atoms with van der Waals surface area (Å²) >= 11 is 0. The van der Waals surface area contributed by atoms with Gasteiger partial charge in [-0.15, -0.1) is 24.0 Å². The molecule has 2 aromatic rings. The number of carbonyl (C=O) groups excluding carboxylic acids is 1. The topological polar surface area (TPSA) is 81.9 Å². The first kappa shape index (κ1) is 23.2. The number of anilines is 1. The molecule has 1 atom stereocenters. The molecule has 0 bridgehead atoms. The zero-order valence-electron chi connectivity index (χ0n) is 16.8. The third-order valence-electron chi connectivity index (χ3n) is 4.70. The van der Waals surface area contributed by atoms with Crippen LogP contribution >= 0.6 is 24.0 Å². The number of guanidine groups is 1. The van der Waals surface area contributed by atoms with Gasteiger partial charge in [-0.1, -0.05) is 18.2 Å². The number of rotatable bonds is 8. The third-order valence-corrected chi connectivity index (χ3v) is 4.70. The highest BCUT2D eigenvalue weighted by Gasteiger charge is 2.25. The van der Waals surface area contributed by atoms with Crippen molar-refractivity contribution in [3.63, 3.8) is 0 Å². The summed E-state index contributed by atoms with van der Waals surface area (Å²) in [5, 5.41) is 9.41. The number of halogens is 1. The molecule has 158 valence electrons. The minimum atomic E-state index is -0.148. The van der Waals surface area contributed by atoms with Gasteiger partial charge in [-0.3, -0.25) is 9.69 Å². The van der Waals surface area contributed by atoms with E-state index in [-0.39, 0.29) is 42.5 Å². The third kappa shape index (κ3) is 7.36. The molecular formula is C21H30IN5O2. The molecule has 1 aromatic heterocycles. The molecule has 1 aromatic carbocycles. The number of hydrogen-bond acceptors (Lipinski definition) is 4. The van der Waals surface area contributed by atoms with Crippen LogP contribution in [0.25, 0.3) is 0 Å². The average molecular weight is 511 g/mol. The number of amides is 1. The first-order valence-electron chi connectivity index (χ1n) is 9.91. The molecule has 1 unspecified atom stereocenters. The van der Waals surface area contributed by atoms with Crippen LogP contribution in [-0.2, 0) is 4.79 Å². The van der Waals surface area contributed by atoms with Gasteiger partial charge in [-0.25, -0.2) is 4.99 Å². The SMILES string of the molecule is CCNC(=NCC(=O)Nc1ccccc1)NCC(c1ccco1)N1CCCC1.I. The molecule has 1 saturated heterocycles. The summed E-state index contributed by atoms with van der Waals surface area (Å²) in [6, 6.07) is 13.5. The lowest BCUT2D eigenvalue weighted by molar-refractivity contribution is -0.114. The van der Waals surface area contributed by atoms with Gasteiger partial charge in [0.15, 0.2) is 5.96 Å². The second-order valence-electron chi connectivity index (χ2n) is 6.76. The Labute approximate surface area is 189 Å². The second-order valence-corrected chi connectivity index (χ2v) is 6.76. The molecule has 2 heterocycles. The Kier molecular flexibility index (Phi) is 9.99. The van der Waals surface area contributed by atoms with E-state index in [1.165, 1.54) is 12.8 Å². The van der Waals surface area contributed by atoms with E-state index in [2.05, 4.69) is 25.8 Å². The van der Waals surface area contributed by atoms with Crippen molar-refractivity contribution in [1.29, 1.82) is 0 Å². The van der Waals surface area contributed by atoms with Crippen LogP contribution in [0.15, 0.2) is 58.1 Å². The molecule has 0 aliphatic carbocycles. The van der Waals surface area contributed by atoms with Gasteiger partial charge in [-0.2, -0.15) is 0 Å². The molecular weight excluding hydrogens is 481 g/mol. The molecule has 8 heteroatoms. The summed E-state index contributed by atoms with van der Waals surface area (Å²) in [6.07, 6.45) is 4.14. The summed E-state index contributed by atoms with van der Waals surface area (Å²) in [5.74, 6) is 1.43. The highest BCUT2D eigenvalue weighted by molar-refractivity contribution is 14.0. The summed E-state index contributed by atoms with van der Waals surface area (Å²) in [7, 11) is 0. The van der Waals surface area contributed by atoms with Crippen molar-refractivity contribution in [3.8, 4) is 0 Å². The van der Waals surface area contributed by atoms with Gasteiger partial charge in [0.1, 0.15) is 12.3 Å². The number of hydrogen-bond donors (Lipinski definition) is 3. The van der Waals surface area contributed by atoms with Gasteiger partial charge >= 0.3 is 0 Å². The lowest BCUT2D eigenvalue weighted by atomic mass is 10.2. The fourth-order valence-corrected chi connectivity index (χ4v) is 3.35. The molecule has 1 fully saturated rings. The van der Waals surface area contributed by atoms with Gasteiger partial charge in [0.05, 0.1) is 12.3 Å². The van der Waals surface area contributed by atoms with Crippen molar-refractivity contribution in [3.05, 3.63) is 54.5 Å². The van der Waals surface area contributed by atoms with Gasteiger partial charge in [0.2, 0.25) is 5.91 Å². The lowest BCUT2D eigenvalue weighted by Crippen LogP contribution is -2.43. The van der Waals surface area contributed by atoms with Crippen LogP contribution in [0, 0.1) is 0 Å². The number of aliphatic imine (C=N–C) groups is 1. The van der Waals surface area contributed by atoms with Gasteiger partial charge in [-0.05, 0) is 57.1 Å². The Hall–Kier alpha value is -2.07. The van der Waals surface area contributed by atoms with Crippen LogP contribution < -0.4 is 16.0 Å².